The van der Waals surface area contributed by atoms with E-state index >= 15 is 0 Å². The van der Waals surface area contributed by atoms with Crippen LogP contribution >= 0.6 is 0 Å². The molecular weight excluding hydrogens is 380 g/mol. The summed E-state index contributed by atoms with van der Waals surface area (Å²) in [6.07, 6.45) is 1.40. The molecule has 0 bridgehead atoms. The Kier molecular flexibility index (Phi) is 6.46. The number of nitriles is 1. The minimum absolute atomic E-state index is 0.0513. The maximum atomic E-state index is 12.3. The van der Waals surface area contributed by atoms with E-state index in [1.165, 1.54) is 13.2 Å². The highest BCUT2D eigenvalue weighted by atomic mass is 16.5. The van der Waals surface area contributed by atoms with Crippen LogP contribution in [0.25, 0.3) is 17.4 Å². The van der Waals surface area contributed by atoms with E-state index in [-0.39, 0.29) is 5.57 Å². The Labute approximate surface area is 174 Å². The first-order valence-corrected chi connectivity index (χ1v) is 9.25. The van der Waals surface area contributed by atoms with Crippen molar-refractivity contribution in [3.63, 3.8) is 0 Å². The number of esters is 1. The van der Waals surface area contributed by atoms with Crippen molar-refractivity contribution >= 4 is 18.0 Å². The number of carbonyl (C=O) groups excluding carboxylic acids is 2. The van der Waals surface area contributed by atoms with Gasteiger partial charge >= 0.3 is 5.97 Å². The smallest absolute Gasteiger partial charge is 0.337 e. The Balaban J connectivity index is 1.76. The lowest BCUT2D eigenvalue weighted by Gasteiger charge is -2.05. The highest BCUT2D eigenvalue weighted by Gasteiger charge is 2.13. The van der Waals surface area contributed by atoms with Crippen LogP contribution in [0.3, 0.4) is 0 Å². The van der Waals surface area contributed by atoms with Crippen LogP contribution in [0.1, 0.15) is 27.2 Å². The number of nitrogens with one attached hydrogen (secondary N) is 1. The first-order chi connectivity index (χ1) is 14.5. The molecule has 1 aromatic heterocycles. The molecule has 0 saturated carbocycles. The van der Waals surface area contributed by atoms with Gasteiger partial charge in [-0.25, -0.2) is 4.79 Å². The van der Waals surface area contributed by atoms with Crippen molar-refractivity contribution in [1.82, 2.24) is 5.32 Å². The summed E-state index contributed by atoms with van der Waals surface area (Å²) >= 11 is 0. The van der Waals surface area contributed by atoms with Crippen LogP contribution < -0.4 is 5.32 Å². The van der Waals surface area contributed by atoms with Crippen LogP contribution in [-0.2, 0) is 16.1 Å². The van der Waals surface area contributed by atoms with E-state index in [0.29, 0.717) is 23.6 Å². The Morgan fingerprint density at radius 2 is 1.90 bits per heavy atom. The molecule has 150 valence electrons. The van der Waals surface area contributed by atoms with Gasteiger partial charge in [0.05, 0.1) is 12.7 Å². The van der Waals surface area contributed by atoms with Crippen molar-refractivity contribution in [3.05, 3.63) is 88.7 Å². The fourth-order valence-electron chi connectivity index (χ4n) is 2.92. The number of hydrogen-bond acceptors (Lipinski definition) is 5. The molecule has 1 heterocycles. The van der Waals surface area contributed by atoms with Gasteiger partial charge in [-0.2, -0.15) is 5.26 Å². The van der Waals surface area contributed by atoms with Crippen LogP contribution in [0.2, 0.25) is 0 Å². The van der Waals surface area contributed by atoms with E-state index in [4.69, 9.17) is 9.15 Å². The van der Waals surface area contributed by atoms with Crippen LogP contribution in [0.4, 0.5) is 0 Å². The summed E-state index contributed by atoms with van der Waals surface area (Å²) in [5.74, 6) is 0.0656. The standard InChI is InChI=1S/C24H20N2O4/c1-16-12-18(24(28)29-2)8-10-21(16)22-11-9-20(30-22)13-19(14-25)23(27)26-15-17-6-4-3-5-7-17/h3-13H,15H2,1-2H3,(H,26,27)/b19-13-. The predicted molar refractivity (Wildman–Crippen MR) is 112 cm³/mol. The van der Waals surface area contributed by atoms with E-state index in [9.17, 15) is 14.9 Å². The molecule has 3 rings (SSSR count). The van der Waals surface area contributed by atoms with Gasteiger partial charge < -0.3 is 14.5 Å². The molecule has 1 amide bonds. The Morgan fingerprint density at radius 3 is 2.57 bits per heavy atom. The summed E-state index contributed by atoms with van der Waals surface area (Å²) in [6, 6.07) is 19.9. The van der Waals surface area contributed by atoms with Gasteiger partial charge in [0.2, 0.25) is 0 Å². The van der Waals surface area contributed by atoms with E-state index in [2.05, 4.69) is 5.32 Å². The fraction of sp³-hybridized carbons (Fsp3) is 0.125. The summed E-state index contributed by atoms with van der Waals surface area (Å²) in [5.41, 5.74) is 2.98. The van der Waals surface area contributed by atoms with E-state index < -0.39 is 11.9 Å². The zero-order valence-electron chi connectivity index (χ0n) is 16.6. The van der Waals surface area contributed by atoms with Crippen molar-refractivity contribution in [1.29, 1.82) is 5.26 Å². The molecule has 1 N–H and O–H groups in total. The molecule has 0 aliphatic carbocycles. The lowest BCUT2D eigenvalue weighted by molar-refractivity contribution is -0.117. The number of rotatable bonds is 6. The van der Waals surface area contributed by atoms with E-state index in [1.807, 2.05) is 43.3 Å². The first-order valence-electron chi connectivity index (χ1n) is 9.25. The van der Waals surface area contributed by atoms with Crippen LogP contribution in [0, 0.1) is 18.3 Å². The number of hydrogen-bond donors (Lipinski definition) is 1. The van der Waals surface area contributed by atoms with Gasteiger partial charge in [0.25, 0.3) is 5.91 Å². The topological polar surface area (TPSA) is 92.3 Å². The highest BCUT2D eigenvalue weighted by Crippen LogP contribution is 2.27. The van der Waals surface area contributed by atoms with Crippen molar-refractivity contribution in [2.24, 2.45) is 0 Å². The number of carbonyl (C=O) groups is 2. The average molecular weight is 400 g/mol. The van der Waals surface area contributed by atoms with Crippen LogP contribution in [-0.4, -0.2) is 19.0 Å². The normalized spacial score (nSPS) is 10.9. The number of ether oxygens (including phenoxy) is 1. The monoisotopic (exact) mass is 400 g/mol. The fourth-order valence-corrected chi connectivity index (χ4v) is 2.92. The molecule has 6 nitrogen and oxygen atoms in total. The molecule has 0 saturated heterocycles. The minimum Gasteiger partial charge on any atom is -0.465 e. The highest BCUT2D eigenvalue weighted by molar-refractivity contribution is 6.01. The molecule has 0 spiro atoms. The Morgan fingerprint density at radius 1 is 1.13 bits per heavy atom. The molecule has 0 aliphatic rings. The van der Waals surface area contributed by atoms with E-state index in [0.717, 1.165) is 16.7 Å². The average Bonchev–Trinajstić information content (AvgIpc) is 3.24. The lowest BCUT2D eigenvalue weighted by atomic mass is 10.0. The summed E-state index contributed by atoms with van der Waals surface area (Å²) in [7, 11) is 1.33. The molecule has 0 atom stereocenters. The molecule has 0 fully saturated rings. The molecule has 2 aromatic carbocycles. The molecule has 3 aromatic rings. The number of aryl methyl sites for hydroxylation is 1. The van der Waals surface area contributed by atoms with Crippen LogP contribution in [0.5, 0.6) is 0 Å². The molecule has 0 unspecified atom stereocenters. The lowest BCUT2D eigenvalue weighted by Crippen LogP contribution is -2.23. The summed E-state index contributed by atoms with van der Waals surface area (Å²) < 4.78 is 10.5. The predicted octanol–water partition coefficient (Wildman–Crippen LogP) is 4.27. The quantitative estimate of drug-likeness (QED) is 0.379. The van der Waals surface area contributed by atoms with Crippen LogP contribution in [0.15, 0.2) is 70.7 Å². The minimum atomic E-state index is -0.474. The van der Waals surface area contributed by atoms with Gasteiger partial charge in [-0.05, 0) is 42.3 Å². The van der Waals surface area contributed by atoms with Crippen molar-refractivity contribution in [3.8, 4) is 17.4 Å². The second kappa shape index (κ2) is 9.39. The second-order valence-electron chi connectivity index (χ2n) is 6.56. The van der Waals surface area contributed by atoms with Crippen molar-refractivity contribution < 1.29 is 18.7 Å². The molecule has 0 radical (unpaired) electrons. The summed E-state index contributed by atoms with van der Waals surface area (Å²) in [5, 5.41) is 12.1. The largest absolute Gasteiger partial charge is 0.465 e. The number of benzene rings is 2. The van der Waals surface area contributed by atoms with Gasteiger partial charge in [0.1, 0.15) is 23.2 Å². The van der Waals surface area contributed by atoms with Gasteiger partial charge in [-0.1, -0.05) is 36.4 Å². The van der Waals surface area contributed by atoms with Gasteiger partial charge in [0, 0.05) is 18.2 Å². The number of furan rings is 1. The van der Waals surface area contributed by atoms with Crippen molar-refractivity contribution in [2.75, 3.05) is 7.11 Å². The maximum absolute atomic E-state index is 12.3. The van der Waals surface area contributed by atoms with E-state index in [1.54, 1.807) is 30.3 Å². The second-order valence-corrected chi connectivity index (χ2v) is 6.56. The Hall–Kier alpha value is -4.11. The third-order valence-corrected chi connectivity index (χ3v) is 4.49. The number of methoxy groups -OCH3 is 1. The first kappa shape index (κ1) is 20.6. The molecule has 6 heteroatoms. The van der Waals surface area contributed by atoms with Crippen molar-refractivity contribution in [2.45, 2.75) is 13.5 Å². The molecular formula is C24H20N2O4. The maximum Gasteiger partial charge on any atom is 0.337 e. The SMILES string of the molecule is COC(=O)c1ccc(-c2ccc(/C=C(/C#N)C(=O)NCc3ccccc3)o2)c(C)c1. The summed E-state index contributed by atoms with van der Waals surface area (Å²) in [4.78, 5) is 24.0. The number of nitrogens with zero attached hydrogens (tertiary/aromatic N) is 1. The molecule has 30 heavy (non-hydrogen) atoms. The molecule has 0 aliphatic heterocycles. The number of amides is 1. The summed E-state index contributed by atoms with van der Waals surface area (Å²) in [6.45, 7) is 2.19. The van der Waals surface area contributed by atoms with Gasteiger partial charge in [-0.15, -0.1) is 0 Å². The van der Waals surface area contributed by atoms with Gasteiger partial charge in [-0.3, -0.25) is 4.79 Å². The zero-order chi connectivity index (χ0) is 21.5. The third-order valence-electron chi connectivity index (χ3n) is 4.49. The third kappa shape index (κ3) is 4.83. The Bertz CT molecular complexity index is 1140. The zero-order valence-corrected chi connectivity index (χ0v) is 16.6. The van der Waals surface area contributed by atoms with Gasteiger partial charge in [0.15, 0.2) is 0 Å².